The molecule has 1 N–H and O–H groups in total. The fourth-order valence-electron chi connectivity index (χ4n) is 3.11. The molecule has 1 saturated heterocycles. The number of amides is 1. The summed E-state index contributed by atoms with van der Waals surface area (Å²) in [5.41, 5.74) is 1.36. The van der Waals surface area contributed by atoms with E-state index >= 15 is 0 Å². The van der Waals surface area contributed by atoms with Crippen LogP contribution in [0.5, 0.6) is 0 Å². The highest BCUT2D eigenvalue weighted by Gasteiger charge is 2.28. The highest BCUT2D eigenvalue weighted by molar-refractivity contribution is 6.42. The summed E-state index contributed by atoms with van der Waals surface area (Å²) in [4.78, 5) is 25.6. The van der Waals surface area contributed by atoms with Crippen LogP contribution in [0.2, 0.25) is 10.0 Å². The van der Waals surface area contributed by atoms with Crippen LogP contribution < -0.4 is 0 Å². The quantitative estimate of drug-likeness (QED) is 0.816. The summed E-state index contributed by atoms with van der Waals surface area (Å²) in [7, 11) is 0. The van der Waals surface area contributed by atoms with Crippen molar-refractivity contribution in [2.45, 2.75) is 12.8 Å². The topological polar surface area (TPSA) is 57.6 Å². The van der Waals surface area contributed by atoms with Gasteiger partial charge < -0.3 is 10.0 Å². The maximum absolute atomic E-state index is 13.8. The molecule has 1 heterocycles. The van der Waals surface area contributed by atoms with Crippen molar-refractivity contribution < 1.29 is 19.1 Å². The van der Waals surface area contributed by atoms with E-state index in [-0.39, 0.29) is 5.91 Å². The van der Waals surface area contributed by atoms with E-state index in [9.17, 15) is 14.0 Å². The van der Waals surface area contributed by atoms with Gasteiger partial charge in [-0.25, -0.2) is 4.39 Å². The molecule has 4 nitrogen and oxygen atoms in total. The van der Waals surface area contributed by atoms with E-state index in [0.29, 0.717) is 52.7 Å². The number of carbonyl (C=O) groups is 2. The Bertz CT molecular complexity index is 864. The van der Waals surface area contributed by atoms with Crippen LogP contribution in [0.4, 0.5) is 4.39 Å². The predicted molar refractivity (Wildman–Crippen MR) is 98.1 cm³/mol. The Morgan fingerprint density at radius 3 is 2.35 bits per heavy atom. The Hall–Kier alpha value is -2.11. The molecule has 0 aliphatic carbocycles. The van der Waals surface area contributed by atoms with E-state index in [0.717, 1.165) is 0 Å². The Balaban J connectivity index is 1.92. The van der Waals surface area contributed by atoms with E-state index < -0.39 is 17.7 Å². The Labute approximate surface area is 160 Å². The zero-order valence-electron chi connectivity index (χ0n) is 13.7. The number of carbonyl (C=O) groups excluding carboxylic acids is 1. The monoisotopic (exact) mass is 395 g/mol. The lowest BCUT2D eigenvalue weighted by molar-refractivity contribution is -0.143. The smallest absolute Gasteiger partial charge is 0.306 e. The Morgan fingerprint density at radius 2 is 1.73 bits per heavy atom. The number of hydrogen-bond donors (Lipinski definition) is 1. The van der Waals surface area contributed by atoms with Gasteiger partial charge in [-0.3, -0.25) is 9.59 Å². The van der Waals surface area contributed by atoms with E-state index in [2.05, 4.69) is 0 Å². The fraction of sp³-hybridized carbons (Fsp3) is 0.263. The third kappa shape index (κ3) is 3.84. The minimum absolute atomic E-state index is 0.255. The number of carboxylic acids is 1. The molecule has 3 rings (SSSR count). The average Bonchev–Trinajstić information content (AvgIpc) is 2.63. The number of aliphatic carboxylic acids is 1. The third-order valence-electron chi connectivity index (χ3n) is 4.57. The lowest BCUT2D eigenvalue weighted by atomic mass is 9.94. The van der Waals surface area contributed by atoms with Gasteiger partial charge in [-0.1, -0.05) is 29.3 Å². The number of likely N-dealkylation sites (tertiary alicyclic amines) is 1. The first kappa shape index (κ1) is 18.7. The summed E-state index contributed by atoms with van der Waals surface area (Å²) >= 11 is 12.0. The first-order valence-corrected chi connectivity index (χ1v) is 8.89. The largest absolute Gasteiger partial charge is 0.481 e. The van der Waals surface area contributed by atoms with Crippen molar-refractivity contribution in [3.63, 3.8) is 0 Å². The van der Waals surface area contributed by atoms with Crippen LogP contribution in [0.1, 0.15) is 23.2 Å². The summed E-state index contributed by atoms with van der Waals surface area (Å²) in [5.74, 6) is -1.99. The van der Waals surface area contributed by atoms with Crippen molar-refractivity contribution in [2.24, 2.45) is 5.92 Å². The summed E-state index contributed by atoms with van der Waals surface area (Å²) in [6.45, 7) is 0.710. The lowest BCUT2D eigenvalue weighted by Gasteiger charge is -2.30. The van der Waals surface area contributed by atoms with Crippen molar-refractivity contribution >= 4 is 35.1 Å². The van der Waals surface area contributed by atoms with Gasteiger partial charge in [0.15, 0.2) is 0 Å². The molecule has 7 heteroatoms. The number of hydrogen-bond acceptors (Lipinski definition) is 2. The van der Waals surface area contributed by atoms with Crippen LogP contribution in [0.25, 0.3) is 11.1 Å². The average molecular weight is 396 g/mol. The molecule has 2 aromatic carbocycles. The Kier molecular flexibility index (Phi) is 5.49. The molecular weight excluding hydrogens is 380 g/mol. The van der Waals surface area contributed by atoms with Gasteiger partial charge in [-0.2, -0.15) is 0 Å². The second kappa shape index (κ2) is 7.64. The van der Waals surface area contributed by atoms with Crippen LogP contribution >= 0.6 is 23.2 Å². The normalized spacial score (nSPS) is 15.1. The lowest BCUT2D eigenvalue weighted by Crippen LogP contribution is -2.40. The maximum atomic E-state index is 13.8. The van der Waals surface area contributed by atoms with E-state index in [4.69, 9.17) is 28.3 Å². The molecule has 1 amide bonds. The molecule has 0 radical (unpaired) electrons. The molecule has 2 aromatic rings. The van der Waals surface area contributed by atoms with Crippen molar-refractivity contribution in [3.05, 3.63) is 57.8 Å². The van der Waals surface area contributed by atoms with Crippen LogP contribution in [0.3, 0.4) is 0 Å². The number of nitrogens with zero attached hydrogens (tertiary/aromatic N) is 1. The molecule has 0 saturated carbocycles. The number of carboxylic acid groups (broad SMARTS) is 1. The minimum Gasteiger partial charge on any atom is -0.481 e. The highest BCUT2D eigenvalue weighted by atomic mass is 35.5. The van der Waals surface area contributed by atoms with Crippen LogP contribution in [0, 0.1) is 11.7 Å². The molecule has 0 unspecified atom stereocenters. The zero-order chi connectivity index (χ0) is 18.8. The summed E-state index contributed by atoms with van der Waals surface area (Å²) in [6, 6.07) is 8.83. The van der Waals surface area contributed by atoms with Crippen LogP contribution in [0.15, 0.2) is 36.4 Å². The predicted octanol–water partition coefficient (Wildman–Crippen LogP) is 4.74. The summed E-state index contributed by atoms with van der Waals surface area (Å²) in [5, 5.41) is 9.77. The van der Waals surface area contributed by atoms with Gasteiger partial charge in [0, 0.05) is 18.7 Å². The van der Waals surface area contributed by atoms with Crippen molar-refractivity contribution in [1.82, 2.24) is 4.90 Å². The second-order valence-electron chi connectivity index (χ2n) is 6.22. The first-order chi connectivity index (χ1) is 12.4. The van der Waals surface area contributed by atoms with Crippen molar-refractivity contribution in [2.75, 3.05) is 13.1 Å². The molecule has 0 aromatic heterocycles. The maximum Gasteiger partial charge on any atom is 0.306 e. The second-order valence-corrected chi connectivity index (χ2v) is 7.04. The van der Waals surface area contributed by atoms with Gasteiger partial charge in [0.2, 0.25) is 0 Å². The van der Waals surface area contributed by atoms with Gasteiger partial charge in [0.25, 0.3) is 5.91 Å². The number of rotatable bonds is 3. The van der Waals surface area contributed by atoms with E-state index in [1.54, 1.807) is 23.1 Å². The summed E-state index contributed by atoms with van der Waals surface area (Å²) in [6.07, 6.45) is 0.814. The van der Waals surface area contributed by atoms with Gasteiger partial charge in [0.05, 0.1) is 16.0 Å². The molecule has 136 valence electrons. The van der Waals surface area contributed by atoms with Crippen LogP contribution in [-0.4, -0.2) is 35.0 Å². The molecule has 26 heavy (non-hydrogen) atoms. The zero-order valence-corrected chi connectivity index (χ0v) is 15.2. The minimum atomic E-state index is -0.838. The molecule has 1 fully saturated rings. The Morgan fingerprint density at radius 1 is 1.04 bits per heavy atom. The molecule has 1 aliphatic rings. The highest BCUT2D eigenvalue weighted by Crippen LogP contribution is 2.32. The molecule has 1 aliphatic heterocycles. The van der Waals surface area contributed by atoms with Gasteiger partial charge >= 0.3 is 5.97 Å². The third-order valence-corrected chi connectivity index (χ3v) is 5.31. The molecule has 0 spiro atoms. The van der Waals surface area contributed by atoms with Gasteiger partial charge in [-0.05, 0) is 54.3 Å². The molecule has 0 bridgehead atoms. The SMILES string of the molecule is O=C(O)C1CCN(C(=O)c2ccc(F)cc2-c2ccc(Cl)c(Cl)c2)CC1. The van der Waals surface area contributed by atoms with E-state index in [1.807, 2.05) is 0 Å². The van der Waals surface area contributed by atoms with E-state index in [1.165, 1.54) is 18.2 Å². The van der Waals surface area contributed by atoms with Crippen molar-refractivity contribution in [3.8, 4) is 11.1 Å². The van der Waals surface area contributed by atoms with Crippen molar-refractivity contribution in [1.29, 1.82) is 0 Å². The fourth-order valence-corrected chi connectivity index (χ4v) is 3.40. The molecule has 0 atom stereocenters. The summed E-state index contributed by atoms with van der Waals surface area (Å²) < 4.78 is 13.8. The standard InChI is InChI=1S/C19H16Cl2FNO3/c20-16-4-1-12(9-17(16)21)15-10-13(22)2-3-14(15)18(24)23-7-5-11(6-8-23)19(25)26/h1-4,9-11H,5-8H2,(H,25,26). The number of piperidine rings is 1. The first-order valence-electron chi connectivity index (χ1n) is 8.14. The number of halogens is 3. The molecular formula is C19H16Cl2FNO3. The van der Waals surface area contributed by atoms with Gasteiger partial charge in [-0.15, -0.1) is 0 Å². The number of benzene rings is 2. The van der Waals surface area contributed by atoms with Crippen LogP contribution in [-0.2, 0) is 4.79 Å². The van der Waals surface area contributed by atoms with Gasteiger partial charge in [0.1, 0.15) is 5.82 Å².